The minimum Gasteiger partial charge on any atom is -0.454 e. The SMILES string of the molecule is Cc1[nH]nc(S(=O)(=O)Nc2ccc3c(c2)OCO3)c1CO. The van der Waals surface area contributed by atoms with E-state index in [2.05, 4.69) is 14.9 Å². The first-order chi connectivity index (χ1) is 10.0. The molecule has 3 rings (SSSR count). The highest BCUT2D eigenvalue weighted by Gasteiger charge is 2.24. The summed E-state index contributed by atoms with van der Waals surface area (Å²) in [5, 5.41) is 15.3. The van der Waals surface area contributed by atoms with Crippen LogP contribution < -0.4 is 14.2 Å². The van der Waals surface area contributed by atoms with Crippen molar-refractivity contribution in [3.63, 3.8) is 0 Å². The van der Waals surface area contributed by atoms with Crippen molar-refractivity contribution >= 4 is 15.7 Å². The molecule has 21 heavy (non-hydrogen) atoms. The Labute approximate surface area is 120 Å². The molecule has 0 fully saturated rings. The zero-order valence-corrected chi connectivity index (χ0v) is 11.9. The van der Waals surface area contributed by atoms with Crippen molar-refractivity contribution in [1.29, 1.82) is 0 Å². The molecule has 0 amide bonds. The summed E-state index contributed by atoms with van der Waals surface area (Å²) in [6, 6.07) is 4.70. The Morgan fingerprint density at radius 3 is 2.90 bits per heavy atom. The van der Waals surface area contributed by atoms with Gasteiger partial charge in [-0.1, -0.05) is 0 Å². The summed E-state index contributed by atoms with van der Waals surface area (Å²) in [7, 11) is -3.90. The minimum atomic E-state index is -3.90. The first-order valence-electron chi connectivity index (χ1n) is 6.08. The van der Waals surface area contributed by atoms with E-state index in [0.717, 1.165) is 0 Å². The number of hydrogen-bond donors (Lipinski definition) is 3. The third-order valence-electron chi connectivity index (χ3n) is 3.07. The van der Waals surface area contributed by atoms with Gasteiger partial charge in [0.05, 0.1) is 12.3 Å². The maximum absolute atomic E-state index is 12.3. The van der Waals surface area contributed by atoms with E-state index in [-0.39, 0.29) is 17.4 Å². The number of anilines is 1. The number of hydrogen-bond acceptors (Lipinski definition) is 6. The fourth-order valence-corrected chi connectivity index (χ4v) is 3.24. The van der Waals surface area contributed by atoms with E-state index in [1.165, 1.54) is 6.07 Å². The number of ether oxygens (including phenoxy) is 2. The number of rotatable bonds is 4. The monoisotopic (exact) mass is 311 g/mol. The van der Waals surface area contributed by atoms with Gasteiger partial charge in [-0.2, -0.15) is 13.5 Å². The number of nitrogens with zero attached hydrogens (tertiary/aromatic N) is 1. The highest BCUT2D eigenvalue weighted by Crippen LogP contribution is 2.34. The molecule has 0 unspecified atom stereocenters. The largest absolute Gasteiger partial charge is 0.454 e. The lowest BCUT2D eigenvalue weighted by Crippen LogP contribution is -2.15. The van der Waals surface area contributed by atoms with Gasteiger partial charge >= 0.3 is 0 Å². The normalized spacial score (nSPS) is 13.4. The lowest BCUT2D eigenvalue weighted by Gasteiger charge is -2.08. The van der Waals surface area contributed by atoms with Gasteiger partial charge in [-0.05, 0) is 19.1 Å². The average Bonchev–Trinajstić information content (AvgIpc) is 3.03. The van der Waals surface area contributed by atoms with Gasteiger partial charge in [0.1, 0.15) is 0 Å². The smallest absolute Gasteiger partial charge is 0.281 e. The van der Waals surface area contributed by atoms with Crippen molar-refractivity contribution in [3.05, 3.63) is 29.5 Å². The van der Waals surface area contributed by atoms with Crippen molar-refractivity contribution in [2.24, 2.45) is 0 Å². The number of aryl methyl sites for hydroxylation is 1. The highest BCUT2D eigenvalue weighted by atomic mass is 32.2. The van der Waals surface area contributed by atoms with Crippen LogP contribution in [0.3, 0.4) is 0 Å². The Morgan fingerprint density at radius 2 is 2.14 bits per heavy atom. The Kier molecular flexibility index (Phi) is 3.22. The number of aliphatic hydroxyl groups is 1. The van der Waals surface area contributed by atoms with Crippen molar-refractivity contribution in [1.82, 2.24) is 10.2 Å². The molecule has 2 heterocycles. The standard InChI is InChI=1S/C12H13N3O5S/c1-7-9(5-16)12(14-13-7)21(17,18)15-8-2-3-10-11(4-8)20-6-19-10/h2-4,15-16H,5-6H2,1H3,(H,13,14). The summed E-state index contributed by atoms with van der Waals surface area (Å²) in [6.45, 7) is 1.33. The van der Waals surface area contributed by atoms with Crippen LogP contribution in [-0.4, -0.2) is 30.5 Å². The van der Waals surface area contributed by atoms with E-state index in [9.17, 15) is 13.5 Å². The molecular weight excluding hydrogens is 298 g/mol. The third kappa shape index (κ3) is 2.41. The predicted octanol–water partition coefficient (Wildman–Crippen LogP) is 0.740. The quantitative estimate of drug-likeness (QED) is 0.767. The molecule has 9 heteroatoms. The highest BCUT2D eigenvalue weighted by molar-refractivity contribution is 7.92. The summed E-state index contributed by atoms with van der Waals surface area (Å²) in [5.41, 5.74) is 1.07. The van der Waals surface area contributed by atoms with Crippen LogP contribution in [0.15, 0.2) is 23.2 Å². The van der Waals surface area contributed by atoms with Crippen LogP contribution in [0.4, 0.5) is 5.69 Å². The maximum Gasteiger partial charge on any atom is 0.281 e. The number of sulfonamides is 1. The molecule has 112 valence electrons. The lowest BCUT2D eigenvalue weighted by molar-refractivity contribution is 0.174. The second-order valence-corrected chi connectivity index (χ2v) is 6.06. The molecule has 1 aromatic carbocycles. The first-order valence-corrected chi connectivity index (χ1v) is 7.57. The molecule has 2 aromatic rings. The van der Waals surface area contributed by atoms with E-state index in [1.54, 1.807) is 19.1 Å². The van der Waals surface area contributed by atoms with Gasteiger partial charge in [-0.15, -0.1) is 0 Å². The van der Waals surface area contributed by atoms with E-state index in [1.807, 2.05) is 0 Å². The summed E-state index contributed by atoms with van der Waals surface area (Å²) < 4.78 is 37.4. The topological polar surface area (TPSA) is 114 Å². The van der Waals surface area contributed by atoms with Gasteiger partial charge in [-0.25, -0.2) is 0 Å². The van der Waals surface area contributed by atoms with Gasteiger partial charge in [0.25, 0.3) is 10.0 Å². The number of aromatic amines is 1. The number of nitrogens with one attached hydrogen (secondary N) is 2. The number of aliphatic hydroxyl groups excluding tert-OH is 1. The van der Waals surface area contributed by atoms with Crippen molar-refractivity contribution in [3.8, 4) is 11.5 Å². The number of H-pyrrole nitrogens is 1. The fourth-order valence-electron chi connectivity index (χ4n) is 2.00. The van der Waals surface area contributed by atoms with E-state index in [4.69, 9.17) is 9.47 Å². The van der Waals surface area contributed by atoms with Crippen LogP contribution in [0, 0.1) is 6.92 Å². The predicted molar refractivity (Wildman–Crippen MR) is 72.6 cm³/mol. The van der Waals surface area contributed by atoms with E-state index in [0.29, 0.717) is 22.9 Å². The van der Waals surface area contributed by atoms with Crippen molar-refractivity contribution in [2.45, 2.75) is 18.6 Å². The number of fused-ring (bicyclic) bond motifs is 1. The molecule has 0 aliphatic carbocycles. The van der Waals surface area contributed by atoms with Crippen LogP contribution >= 0.6 is 0 Å². The second kappa shape index (κ2) is 4.93. The van der Waals surface area contributed by atoms with Crippen LogP contribution in [-0.2, 0) is 16.6 Å². The molecule has 0 atom stereocenters. The maximum atomic E-state index is 12.3. The fraction of sp³-hybridized carbons (Fsp3) is 0.250. The van der Waals surface area contributed by atoms with E-state index < -0.39 is 16.6 Å². The Hall–Kier alpha value is -2.26. The molecule has 1 aliphatic rings. The van der Waals surface area contributed by atoms with E-state index >= 15 is 0 Å². The molecule has 0 radical (unpaired) electrons. The van der Waals surface area contributed by atoms with Crippen molar-refractivity contribution in [2.75, 3.05) is 11.5 Å². The van der Waals surface area contributed by atoms with Crippen LogP contribution in [0.1, 0.15) is 11.3 Å². The molecule has 0 saturated carbocycles. The van der Waals surface area contributed by atoms with Gasteiger partial charge < -0.3 is 14.6 Å². The zero-order valence-electron chi connectivity index (χ0n) is 11.1. The third-order valence-corrected chi connectivity index (χ3v) is 4.42. The molecule has 0 bridgehead atoms. The Morgan fingerprint density at radius 1 is 1.38 bits per heavy atom. The van der Waals surface area contributed by atoms with Gasteiger partial charge in [0, 0.05) is 17.3 Å². The van der Waals surface area contributed by atoms with Gasteiger partial charge in [0.2, 0.25) is 11.8 Å². The molecule has 8 nitrogen and oxygen atoms in total. The molecular formula is C12H13N3O5S. The Bertz CT molecular complexity index is 784. The Balaban J connectivity index is 1.93. The lowest BCUT2D eigenvalue weighted by atomic mass is 10.3. The minimum absolute atomic E-state index is 0.110. The molecule has 3 N–H and O–H groups in total. The molecule has 0 spiro atoms. The molecule has 1 aliphatic heterocycles. The summed E-state index contributed by atoms with van der Waals surface area (Å²) in [6.07, 6.45) is 0. The summed E-state index contributed by atoms with van der Waals surface area (Å²) in [4.78, 5) is 0. The van der Waals surface area contributed by atoms with Crippen LogP contribution in [0.25, 0.3) is 0 Å². The van der Waals surface area contributed by atoms with Crippen LogP contribution in [0.2, 0.25) is 0 Å². The van der Waals surface area contributed by atoms with Crippen molar-refractivity contribution < 1.29 is 23.0 Å². The van der Waals surface area contributed by atoms with Crippen LogP contribution in [0.5, 0.6) is 11.5 Å². The zero-order chi connectivity index (χ0) is 15.0. The summed E-state index contributed by atoms with van der Waals surface area (Å²) in [5.74, 6) is 1.03. The molecule has 0 saturated heterocycles. The molecule has 1 aromatic heterocycles. The second-order valence-electron chi connectivity index (χ2n) is 4.46. The number of aromatic nitrogens is 2. The van der Waals surface area contributed by atoms with Gasteiger partial charge in [0.15, 0.2) is 11.5 Å². The average molecular weight is 311 g/mol. The first kappa shape index (κ1) is 13.7. The van der Waals surface area contributed by atoms with Gasteiger partial charge in [-0.3, -0.25) is 9.82 Å². The number of benzene rings is 1. The summed E-state index contributed by atoms with van der Waals surface area (Å²) >= 11 is 0.